The lowest BCUT2D eigenvalue weighted by Crippen LogP contribution is -2.47. The maximum absolute atomic E-state index is 11.8. The van der Waals surface area contributed by atoms with Crippen LogP contribution in [0.3, 0.4) is 0 Å². The van der Waals surface area contributed by atoms with E-state index >= 15 is 0 Å². The van der Waals surface area contributed by atoms with Gasteiger partial charge in [-0.1, -0.05) is 6.92 Å². The van der Waals surface area contributed by atoms with E-state index in [0.717, 1.165) is 6.42 Å². The normalized spacial score (nSPS) is 18.0. The lowest BCUT2D eigenvalue weighted by atomic mass is 9.93. The molecule has 7 heteroatoms. The van der Waals surface area contributed by atoms with Crippen molar-refractivity contribution in [3.05, 3.63) is 34.7 Å². The number of aliphatic hydroxyl groups excluding tert-OH is 1. The van der Waals surface area contributed by atoms with Crippen molar-refractivity contribution >= 4 is 17.8 Å². The summed E-state index contributed by atoms with van der Waals surface area (Å²) < 4.78 is 0. The van der Waals surface area contributed by atoms with Crippen molar-refractivity contribution in [3.8, 4) is 11.8 Å². The lowest BCUT2D eigenvalue weighted by Gasteiger charge is -2.31. The fraction of sp³-hybridized carbons (Fsp3) is 0.312. The number of Topliss-reactive ketones (excluding diaryl/α,β-unsaturated/α-hetero) is 1. The Hall–Kier alpha value is -2.85. The zero-order valence-corrected chi connectivity index (χ0v) is 12.8. The van der Waals surface area contributed by atoms with Gasteiger partial charge in [-0.25, -0.2) is 0 Å². The molecular formula is C16H17N3O4. The summed E-state index contributed by atoms with van der Waals surface area (Å²) in [5, 5.41) is 34.5. The van der Waals surface area contributed by atoms with E-state index < -0.39 is 11.9 Å². The van der Waals surface area contributed by atoms with Gasteiger partial charge in [0.1, 0.15) is 11.4 Å². The van der Waals surface area contributed by atoms with Crippen molar-refractivity contribution in [2.45, 2.75) is 32.4 Å². The van der Waals surface area contributed by atoms with Gasteiger partial charge in [0.05, 0.1) is 28.6 Å². The first-order valence-corrected chi connectivity index (χ1v) is 7.15. The fourth-order valence-corrected chi connectivity index (χ4v) is 2.15. The number of ketones is 1. The molecule has 0 heterocycles. The molecule has 1 aliphatic rings. The number of hydrogen-bond acceptors (Lipinski definition) is 7. The van der Waals surface area contributed by atoms with Gasteiger partial charge in [0.2, 0.25) is 5.78 Å². The molecule has 0 amide bonds. The van der Waals surface area contributed by atoms with E-state index in [0.29, 0.717) is 12.0 Å². The van der Waals surface area contributed by atoms with E-state index in [1.54, 1.807) is 0 Å². The van der Waals surface area contributed by atoms with Crippen LogP contribution in [0.25, 0.3) is 0 Å². The van der Waals surface area contributed by atoms with Crippen molar-refractivity contribution in [2.24, 2.45) is 0 Å². The highest BCUT2D eigenvalue weighted by atomic mass is 16.3. The third kappa shape index (κ3) is 3.03. The molecular weight excluding hydrogens is 298 g/mol. The number of nitriles is 1. The molecule has 0 fully saturated rings. The Kier molecular flexibility index (Phi) is 4.67. The van der Waals surface area contributed by atoms with Gasteiger partial charge in [-0.2, -0.15) is 5.26 Å². The zero-order chi connectivity index (χ0) is 17.1. The summed E-state index contributed by atoms with van der Waals surface area (Å²) in [6.45, 7) is 3.86. The highest BCUT2D eigenvalue weighted by Gasteiger charge is 2.39. The number of carbonyl (C=O) groups excluding carboxylic acids is 2. The number of anilines is 1. The molecule has 120 valence electrons. The van der Waals surface area contributed by atoms with E-state index in [4.69, 9.17) is 5.26 Å². The third-order valence-corrected chi connectivity index (χ3v) is 3.71. The van der Waals surface area contributed by atoms with Crippen LogP contribution in [-0.2, 0) is 4.79 Å². The molecule has 7 nitrogen and oxygen atoms in total. The molecule has 1 unspecified atom stereocenters. The topological polar surface area (TPSA) is 122 Å². The van der Waals surface area contributed by atoms with Crippen LogP contribution in [0.2, 0.25) is 0 Å². The highest BCUT2D eigenvalue weighted by Crippen LogP contribution is 2.33. The zero-order valence-electron chi connectivity index (χ0n) is 12.8. The summed E-state index contributed by atoms with van der Waals surface area (Å²) in [5.41, 5.74) is 0.608. The molecule has 2 rings (SSSR count). The molecule has 2 atom stereocenters. The molecule has 0 aromatic heterocycles. The molecule has 1 aromatic carbocycles. The second-order valence-electron chi connectivity index (χ2n) is 5.33. The van der Waals surface area contributed by atoms with Gasteiger partial charge >= 0.3 is 0 Å². The maximum Gasteiger partial charge on any atom is 0.215 e. The fourth-order valence-electron chi connectivity index (χ4n) is 2.15. The van der Waals surface area contributed by atoms with Crippen LogP contribution in [0.4, 0.5) is 5.69 Å². The number of carbonyl (C=O) groups is 2. The minimum absolute atomic E-state index is 0.0501. The van der Waals surface area contributed by atoms with E-state index in [2.05, 4.69) is 10.6 Å². The molecule has 1 aromatic rings. The molecule has 4 N–H and O–H groups in total. The number of nitrogens with one attached hydrogen (secondary N) is 2. The molecule has 0 saturated carbocycles. The number of aromatic hydroxyl groups is 1. The molecule has 0 aliphatic heterocycles. The van der Waals surface area contributed by atoms with Crippen LogP contribution >= 0.6 is 0 Å². The van der Waals surface area contributed by atoms with E-state index in [-0.39, 0.29) is 34.3 Å². The van der Waals surface area contributed by atoms with Crippen molar-refractivity contribution < 1.29 is 19.8 Å². The third-order valence-electron chi connectivity index (χ3n) is 3.71. The van der Waals surface area contributed by atoms with Crippen molar-refractivity contribution in [3.63, 3.8) is 0 Å². The first kappa shape index (κ1) is 16.5. The van der Waals surface area contributed by atoms with Crippen LogP contribution in [0.15, 0.2) is 23.5 Å². The molecule has 0 spiro atoms. The number of benzene rings is 1. The van der Waals surface area contributed by atoms with Gasteiger partial charge < -0.3 is 20.8 Å². The van der Waals surface area contributed by atoms with Gasteiger partial charge in [-0.15, -0.1) is 0 Å². The summed E-state index contributed by atoms with van der Waals surface area (Å²) in [4.78, 5) is 22.8. The summed E-state index contributed by atoms with van der Waals surface area (Å²) in [5.74, 6) is -0.881. The van der Waals surface area contributed by atoms with Crippen molar-refractivity contribution in [1.29, 1.82) is 5.26 Å². The largest absolute Gasteiger partial charge is 0.505 e. The van der Waals surface area contributed by atoms with Crippen molar-refractivity contribution in [1.82, 2.24) is 5.32 Å². The van der Waals surface area contributed by atoms with Gasteiger partial charge in [-0.05, 0) is 25.5 Å². The van der Waals surface area contributed by atoms with Gasteiger partial charge in [0, 0.05) is 6.04 Å². The number of phenolic OH excluding ortho intramolecular Hbond substituents is 1. The van der Waals surface area contributed by atoms with Crippen molar-refractivity contribution in [2.75, 3.05) is 5.32 Å². The second-order valence-corrected chi connectivity index (χ2v) is 5.33. The lowest BCUT2D eigenvalue weighted by molar-refractivity contribution is -0.124. The second kappa shape index (κ2) is 6.50. The Morgan fingerprint density at radius 2 is 2.17 bits per heavy atom. The number of aliphatic hydroxyl groups is 1. The number of hydrogen-bond donors (Lipinski definition) is 4. The Morgan fingerprint density at radius 3 is 2.74 bits per heavy atom. The Morgan fingerprint density at radius 1 is 1.48 bits per heavy atom. The number of aldehydes is 1. The smallest absolute Gasteiger partial charge is 0.215 e. The Bertz CT molecular complexity index is 734. The number of nitrogens with zero attached hydrogens (tertiary/aromatic N) is 1. The van der Waals surface area contributed by atoms with Crippen LogP contribution in [0.5, 0.6) is 5.75 Å². The maximum atomic E-state index is 11.8. The summed E-state index contributed by atoms with van der Waals surface area (Å²) >= 11 is 0. The Balaban J connectivity index is 2.39. The molecule has 0 radical (unpaired) electrons. The predicted molar refractivity (Wildman–Crippen MR) is 82.8 cm³/mol. The predicted octanol–water partition coefficient (Wildman–Crippen LogP) is 1.03. The minimum Gasteiger partial charge on any atom is -0.505 e. The molecule has 1 aliphatic carbocycles. The van der Waals surface area contributed by atoms with Crippen LogP contribution < -0.4 is 10.6 Å². The Labute approximate surface area is 133 Å². The van der Waals surface area contributed by atoms with Crippen LogP contribution in [0.1, 0.15) is 36.2 Å². The summed E-state index contributed by atoms with van der Waals surface area (Å²) in [6, 6.07) is 4.50. The van der Waals surface area contributed by atoms with Crippen LogP contribution in [0, 0.1) is 11.3 Å². The van der Waals surface area contributed by atoms with E-state index in [1.165, 1.54) is 12.1 Å². The number of phenols is 1. The molecule has 0 saturated heterocycles. The monoisotopic (exact) mass is 315 g/mol. The minimum atomic E-state index is -1.24. The van der Waals surface area contributed by atoms with Gasteiger partial charge in [0.15, 0.2) is 12.4 Å². The molecule has 23 heavy (non-hydrogen) atoms. The van der Waals surface area contributed by atoms with Gasteiger partial charge in [-0.3, -0.25) is 9.59 Å². The number of rotatable bonds is 6. The van der Waals surface area contributed by atoms with Gasteiger partial charge in [0.25, 0.3) is 0 Å². The quantitative estimate of drug-likeness (QED) is 0.457. The van der Waals surface area contributed by atoms with E-state index in [1.807, 2.05) is 19.9 Å². The van der Waals surface area contributed by atoms with E-state index in [9.17, 15) is 19.8 Å². The summed E-state index contributed by atoms with van der Waals surface area (Å²) in [7, 11) is 0. The summed E-state index contributed by atoms with van der Waals surface area (Å²) in [6.07, 6.45) is -0.0217. The SMILES string of the molecule is CC[C@@H](C)NC1=C(Nc2cc(C#N)cc(C=O)c2O)C(=O)C1O. The highest BCUT2D eigenvalue weighted by molar-refractivity contribution is 6.10. The standard InChI is InChI=1S/C16H17N3O4/c1-3-8(2)18-12-13(16(23)15(12)22)19-11-5-9(6-17)4-10(7-20)14(11)21/h4-5,7-8,15,18-19,21-22H,3H2,1-2H3/t8-,15?/m1/s1. The van der Waals surface area contributed by atoms with Crippen LogP contribution in [-0.4, -0.2) is 34.4 Å². The first-order chi connectivity index (χ1) is 10.9. The first-order valence-electron chi connectivity index (χ1n) is 7.15. The molecule has 0 bridgehead atoms. The average molecular weight is 315 g/mol. The average Bonchev–Trinajstić information content (AvgIpc) is 2.58.